The molecule has 0 heterocycles. The molecule has 152 valence electrons. The number of guanidine groups is 1. The molecule has 28 heavy (non-hydrogen) atoms. The molecule has 0 aliphatic carbocycles. The Labute approximate surface area is 169 Å². The molecule has 0 saturated heterocycles. The van der Waals surface area contributed by atoms with Crippen LogP contribution in [0.15, 0.2) is 58.4 Å². The van der Waals surface area contributed by atoms with Gasteiger partial charge in [-0.25, -0.2) is 8.42 Å². The minimum atomic E-state index is -3.16. The summed E-state index contributed by atoms with van der Waals surface area (Å²) in [6.07, 6.45) is 3.25. The van der Waals surface area contributed by atoms with Crippen molar-refractivity contribution in [1.29, 1.82) is 0 Å². The molecule has 6 heteroatoms. The molecule has 0 aliphatic heterocycles. The highest BCUT2D eigenvalue weighted by atomic mass is 32.2. The normalized spacial score (nSPS) is 12.2. The van der Waals surface area contributed by atoms with E-state index in [1.807, 2.05) is 12.1 Å². The number of nitrogens with zero attached hydrogens (tertiary/aromatic N) is 1. The van der Waals surface area contributed by atoms with Crippen LogP contribution < -0.4 is 10.6 Å². The number of aryl methyl sites for hydroxylation is 1. The van der Waals surface area contributed by atoms with Crippen LogP contribution in [-0.2, 0) is 22.8 Å². The van der Waals surface area contributed by atoms with E-state index in [1.165, 1.54) is 17.4 Å². The number of nitrogens with one attached hydrogen (secondary N) is 2. The third kappa shape index (κ3) is 7.00. The molecule has 0 radical (unpaired) electrons. The number of hydrogen-bond acceptors (Lipinski definition) is 3. The fourth-order valence-electron chi connectivity index (χ4n) is 2.83. The van der Waals surface area contributed by atoms with Crippen molar-refractivity contribution in [2.75, 3.05) is 19.8 Å². The van der Waals surface area contributed by atoms with E-state index >= 15 is 0 Å². The van der Waals surface area contributed by atoms with E-state index in [4.69, 9.17) is 0 Å². The fraction of sp³-hybridized carbons (Fsp3) is 0.409. The summed E-state index contributed by atoms with van der Waals surface area (Å²) in [4.78, 5) is 4.57. The van der Waals surface area contributed by atoms with Crippen LogP contribution in [0.4, 0.5) is 0 Å². The van der Waals surface area contributed by atoms with Crippen LogP contribution in [0.2, 0.25) is 0 Å². The van der Waals surface area contributed by atoms with Gasteiger partial charge in [-0.2, -0.15) is 0 Å². The van der Waals surface area contributed by atoms with Gasteiger partial charge in [-0.1, -0.05) is 50.2 Å². The lowest BCUT2D eigenvalue weighted by Gasteiger charge is -2.12. The van der Waals surface area contributed by atoms with Gasteiger partial charge >= 0.3 is 0 Å². The Bertz CT molecular complexity index is 871. The van der Waals surface area contributed by atoms with Gasteiger partial charge in [0, 0.05) is 26.4 Å². The van der Waals surface area contributed by atoms with Crippen molar-refractivity contribution in [1.82, 2.24) is 10.6 Å². The van der Waals surface area contributed by atoms with E-state index in [-0.39, 0.29) is 0 Å². The van der Waals surface area contributed by atoms with Gasteiger partial charge in [0.1, 0.15) is 0 Å². The molecule has 2 N–H and O–H groups in total. The summed E-state index contributed by atoms with van der Waals surface area (Å²) < 4.78 is 23.0. The smallest absolute Gasteiger partial charge is 0.191 e. The Hall–Kier alpha value is -2.34. The van der Waals surface area contributed by atoms with Crippen molar-refractivity contribution in [2.24, 2.45) is 4.99 Å². The minimum Gasteiger partial charge on any atom is -0.356 e. The first-order valence-electron chi connectivity index (χ1n) is 9.62. The maximum Gasteiger partial charge on any atom is 0.191 e. The summed E-state index contributed by atoms with van der Waals surface area (Å²) >= 11 is 0. The van der Waals surface area contributed by atoms with Crippen molar-refractivity contribution >= 4 is 15.8 Å². The Morgan fingerprint density at radius 2 is 1.57 bits per heavy atom. The lowest BCUT2D eigenvalue weighted by atomic mass is 10.0. The van der Waals surface area contributed by atoms with E-state index in [0.717, 1.165) is 30.9 Å². The number of hydrogen-bond donors (Lipinski definition) is 2. The molecule has 2 aromatic rings. The van der Waals surface area contributed by atoms with Gasteiger partial charge in [0.25, 0.3) is 0 Å². The van der Waals surface area contributed by atoms with Gasteiger partial charge in [-0.05, 0) is 47.6 Å². The quantitative estimate of drug-likeness (QED) is 0.403. The second kappa shape index (κ2) is 10.3. The molecule has 0 atom stereocenters. The fourth-order valence-corrected chi connectivity index (χ4v) is 3.46. The van der Waals surface area contributed by atoms with E-state index in [1.54, 1.807) is 19.2 Å². The number of aliphatic imine (C=N–C) groups is 1. The second-order valence-corrected chi connectivity index (χ2v) is 9.28. The zero-order valence-corrected chi connectivity index (χ0v) is 18.0. The van der Waals surface area contributed by atoms with E-state index < -0.39 is 9.84 Å². The molecule has 0 bridgehead atoms. The van der Waals surface area contributed by atoms with E-state index in [0.29, 0.717) is 17.4 Å². The van der Waals surface area contributed by atoms with Gasteiger partial charge in [0.05, 0.1) is 4.90 Å². The predicted octanol–water partition coefficient (Wildman–Crippen LogP) is 3.51. The Kier molecular flexibility index (Phi) is 8.05. The molecule has 2 aromatic carbocycles. The zero-order chi connectivity index (χ0) is 20.6. The first-order valence-corrected chi connectivity index (χ1v) is 11.5. The largest absolute Gasteiger partial charge is 0.356 e. The Morgan fingerprint density at radius 3 is 2.11 bits per heavy atom. The third-order valence-corrected chi connectivity index (χ3v) is 5.74. The molecule has 5 nitrogen and oxygen atoms in total. The van der Waals surface area contributed by atoms with Crippen LogP contribution >= 0.6 is 0 Å². The molecular weight excluding hydrogens is 370 g/mol. The van der Waals surface area contributed by atoms with Crippen molar-refractivity contribution in [3.63, 3.8) is 0 Å². The van der Waals surface area contributed by atoms with Crippen molar-refractivity contribution < 1.29 is 8.42 Å². The average molecular weight is 402 g/mol. The second-order valence-electron chi connectivity index (χ2n) is 7.27. The summed E-state index contributed by atoms with van der Waals surface area (Å²) in [5.41, 5.74) is 3.72. The maximum atomic E-state index is 11.5. The topological polar surface area (TPSA) is 70.6 Å². The van der Waals surface area contributed by atoms with Gasteiger partial charge in [0.2, 0.25) is 0 Å². The molecule has 0 spiro atoms. The number of sulfone groups is 1. The molecule has 2 rings (SSSR count). The first kappa shape index (κ1) is 22.0. The van der Waals surface area contributed by atoms with Crippen LogP contribution in [0.3, 0.4) is 0 Å². The SMILES string of the molecule is CN=C(NCCCc1ccc(C(C)C)cc1)NCc1ccc(S(C)(=O)=O)cc1. The average Bonchev–Trinajstić information content (AvgIpc) is 2.67. The van der Waals surface area contributed by atoms with Crippen molar-refractivity contribution in [3.05, 3.63) is 65.2 Å². The van der Waals surface area contributed by atoms with E-state index in [2.05, 4.69) is 53.7 Å². The van der Waals surface area contributed by atoms with Gasteiger partial charge < -0.3 is 10.6 Å². The summed E-state index contributed by atoms with van der Waals surface area (Å²) in [7, 11) is -1.41. The number of rotatable bonds is 8. The number of benzene rings is 2. The monoisotopic (exact) mass is 401 g/mol. The molecule has 0 fully saturated rings. The van der Waals surface area contributed by atoms with Crippen LogP contribution in [-0.4, -0.2) is 34.2 Å². The van der Waals surface area contributed by atoms with Gasteiger partial charge in [-0.15, -0.1) is 0 Å². The standard InChI is InChI=1S/C22H31N3O2S/c1-17(2)20-11-7-18(8-12-20)6-5-15-24-22(23-3)25-16-19-9-13-21(14-10-19)28(4,26)27/h7-14,17H,5-6,15-16H2,1-4H3,(H2,23,24,25). The highest BCUT2D eigenvalue weighted by Crippen LogP contribution is 2.15. The van der Waals surface area contributed by atoms with Gasteiger partial charge in [-0.3, -0.25) is 4.99 Å². The molecule has 0 amide bonds. The minimum absolute atomic E-state index is 0.334. The molecule has 0 aliphatic rings. The lowest BCUT2D eigenvalue weighted by molar-refractivity contribution is 0.602. The predicted molar refractivity (Wildman–Crippen MR) is 117 cm³/mol. The van der Waals surface area contributed by atoms with E-state index in [9.17, 15) is 8.42 Å². The Balaban J connectivity index is 1.74. The summed E-state index contributed by atoms with van der Waals surface area (Å²) in [6.45, 7) is 5.83. The molecule has 0 unspecified atom stereocenters. The highest BCUT2D eigenvalue weighted by Gasteiger charge is 2.06. The first-order chi connectivity index (χ1) is 13.3. The Morgan fingerprint density at radius 1 is 0.964 bits per heavy atom. The molecule has 0 aromatic heterocycles. The van der Waals surface area contributed by atoms with Crippen LogP contribution in [0.1, 0.15) is 42.9 Å². The van der Waals surface area contributed by atoms with Crippen molar-refractivity contribution in [2.45, 2.75) is 44.0 Å². The van der Waals surface area contributed by atoms with Crippen LogP contribution in [0, 0.1) is 0 Å². The van der Waals surface area contributed by atoms with Gasteiger partial charge in [0.15, 0.2) is 15.8 Å². The van der Waals surface area contributed by atoms with Crippen molar-refractivity contribution in [3.8, 4) is 0 Å². The summed E-state index contributed by atoms with van der Waals surface area (Å²) in [6, 6.07) is 15.7. The maximum absolute atomic E-state index is 11.5. The zero-order valence-electron chi connectivity index (χ0n) is 17.2. The summed E-state index contributed by atoms with van der Waals surface area (Å²) in [5, 5.41) is 6.57. The molecule has 0 saturated carbocycles. The summed E-state index contributed by atoms with van der Waals surface area (Å²) in [5.74, 6) is 1.30. The van der Waals surface area contributed by atoms with Crippen LogP contribution in [0.5, 0.6) is 0 Å². The highest BCUT2D eigenvalue weighted by molar-refractivity contribution is 7.90. The lowest BCUT2D eigenvalue weighted by Crippen LogP contribution is -2.37. The molecular formula is C22H31N3O2S. The third-order valence-electron chi connectivity index (χ3n) is 4.62. The van der Waals surface area contributed by atoms with Crippen LogP contribution in [0.25, 0.3) is 0 Å².